The van der Waals surface area contributed by atoms with Gasteiger partial charge in [-0.25, -0.2) is 0 Å². The highest BCUT2D eigenvalue weighted by Gasteiger charge is 2.24. The van der Waals surface area contributed by atoms with Crippen molar-refractivity contribution in [2.45, 2.75) is 43.3 Å². The van der Waals surface area contributed by atoms with Gasteiger partial charge in [0.2, 0.25) is 5.91 Å². The van der Waals surface area contributed by atoms with Crippen LogP contribution in [0.15, 0.2) is 36.0 Å². The molecule has 0 spiro atoms. The number of thioether (sulfide) groups is 1. The molecule has 1 aromatic heterocycles. The number of allylic oxidation sites excluding steroid dienone is 1. The molecule has 3 rings (SSSR count). The van der Waals surface area contributed by atoms with Gasteiger partial charge in [0.1, 0.15) is 5.82 Å². The van der Waals surface area contributed by atoms with Crippen LogP contribution in [0.4, 0.5) is 5.69 Å². The van der Waals surface area contributed by atoms with Crippen LogP contribution in [0, 0.1) is 0 Å². The topological polar surface area (TPSA) is 59.8 Å². The maximum absolute atomic E-state index is 12.2. The van der Waals surface area contributed by atoms with Gasteiger partial charge in [-0.15, -0.1) is 16.8 Å². The zero-order chi connectivity index (χ0) is 18.5. The van der Waals surface area contributed by atoms with Crippen LogP contribution in [0.3, 0.4) is 0 Å². The number of nitrogens with zero attached hydrogens (tertiary/aromatic N) is 3. The highest BCUT2D eigenvalue weighted by atomic mass is 35.5. The van der Waals surface area contributed by atoms with Crippen molar-refractivity contribution in [1.82, 2.24) is 14.8 Å². The second kappa shape index (κ2) is 8.93. The van der Waals surface area contributed by atoms with E-state index in [1.54, 1.807) is 18.2 Å². The lowest BCUT2D eigenvalue weighted by Crippen LogP contribution is -2.15. The third kappa shape index (κ3) is 4.61. The number of hydrogen-bond donors (Lipinski definition) is 1. The average Bonchev–Trinajstić information content (AvgIpc) is 3.26. The standard InChI is InChI=1S/C18H20Cl2N4OS/c1-2-9-24-17(12-5-3-4-6-12)22-23-18(24)26-11-16(25)21-13-7-8-14(19)15(20)10-13/h2,7-8,10,12H,1,3-6,9,11H2,(H,21,25). The number of amides is 1. The first-order chi connectivity index (χ1) is 12.6. The molecule has 0 bridgehead atoms. The minimum absolute atomic E-state index is 0.135. The van der Waals surface area contributed by atoms with E-state index in [1.165, 1.54) is 24.6 Å². The smallest absolute Gasteiger partial charge is 0.234 e. The summed E-state index contributed by atoms with van der Waals surface area (Å²) in [5.74, 6) is 1.57. The van der Waals surface area contributed by atoms with Crippen LogP contribution in [-0.4, -0.2) is 26.4 Å². The van der Waals surface area contributed by atoms with Gasteiger partial charge in [0, 0.05) is 18.2 Å². The minimum Gasteiger partial charge on any atom is -0.325 e. The number of nitrogens with one attached hydrogen (secondary N) is 1. The molecule has 1 N–H and O–H groups in total. The summed E-state index contributed by atoms with van der Waals surface area (Å²) < 4.78 is 2.07. The molecule has 8 heteroatoms. The molecule has 1 aliphatic rings. The Balaban J connectivity index is 1.63. The van der Waals surface area contributed by atoms with Crippen molar-refractivity contribution in [3.05, 3.63) is 46.7 Å². The third-order valence-electron chi connectivity index (χ3n) is 4.31. The Bertz CT molecular complexity index is 802. The van der Waals surface area contributed by atoms with Crippen molar-refractivity contribution in [2.75, 3.05) is 11.1 Å². The SMILES string of the molecule is C=CCn1c(SCC(=O)Nc2ccc(Cl)c(Cl)c2)nnc1C1CCCC1. The highest BCUT2D eigenvalue weighted by molar-refractivity contribution is 7.99. The molecular formula is C18H20Cl2N4OS. The molecule has 0 unspecified atom stereocenters. The number of halogens is 2. The lowest BCUT2D eigenvalue weighted by molar-refractivity contribution is -0.113. The normalized spacial score (nSPS) is 14.5. The molecule has 1 aromatic carbocycles. The van der Waals surface area contributed by atoms with Gasteiger partial charge in [-0.3, -0.25) is 4.79 Å². The van der Waals surface area contributed by atoms with Gasteiger partial charge in [0.25, 0.3) is 0 Å². The fourth-order valence-corrected chi connectivity index (χ4v) is 4.15. The summed E-state index contributed by atoms with van der Waals surface area (Å²) in [6.07, 6.45) is 6.61. The summed E-state index contributed by atoms with van der Waals surface area (Å²) in [7, 11) is 0. The van der Waals surface area contributed by atoms with Crippen LogP contribution in [0.2, 0.25) is 10.0 Å². The molecule has 1 saturated carbocycles. The van der Waals surface area contributed by atoms with E-state index >= 15 is 0 Å². The summed E-state index contributed by atoms with van der Waals surface area (Å²) in [5.41, 5.74) is 0.615. The van der Waals surface area contributed by atoms with Crippen molar-refractivity contribution in [3.8, 4) is 0 Å². The Kier molecular flexibility index (Phi) is 6.62. The van der Waals surface area contributed by atoms with Crippen LogP contribution < -0.4 is 5.32 Å². The summed E-state index contributed by atoms with van der Waals surface area (Å²) in [6, 6.07) is 5.00. The minimum atomic E-state index is -0.135. The number of anilines is 1. The van der Waals surface area contributed by atoms with E-state index in [4.69, 9.17) is 23.2 Å². The zero-order valence-corrected chi connectivity index (χ0v) is 16.6. The molecule has 0 aliphatic heterocycles. The van der Waals surface area contributed by atoms with Crippen LogP contribution >= 0.6 is 35.0 Å². The Labute approximate surface area is 167 Å². The van der Waals surface area contributed by atoms with Crippen LogP contribution in [0.5, 0.6) is 0 Å². The lowest BCUT2D eigenvalue weighted by atomic mass is 10.1. The van der Waals surface area contributed by atoms with Crippen LogP contribution in [0.1, 0.15) is 37.4 Å². The highest BCUT2D eigenvalue weighted by Crippen LogP contribution is 2.34. The molecule has 5 nitrogen and oxygen atoms in total. The molecule has 1 fully saturated rings. The van der Waals surface area contributed by atoms with Gasteiger partial charge in [-0.1, -0.05) is 53.9 Å². The quantitative estimate of drug-likeness (QED) is 0.505. The second-order valence-corrected chi connectivity index (χ2v) is 7.94. The van der Waals surface area contributed by atoms with Crippen molar-refractivity contribution in [1.29, 1.82) is 0 Å². The van der Waals surface area contributed by atoms with E-state index in [0.717, 1.165) is 23.8 Å². The van der Waals surface area contributed by atoms with Crippen molar-refractivity contribution in [3.63, 3.8) is 0 Å². The van der Waals surface area contributed by atoms with Gasteiger partial charge in [0.15, 0.2) is 5.16 Å². The maximum atomic E-state index is 12.2. The fourth-order valence-electron chi connectivity index (χ4n) is 3.09. The van der Waals surface area contributed by atoms with Gasteiger partial charge in [0.05, 0.1) is 15.8 Å². The summed E-state index contributed by atoms with van der Waals surface area (Å²) >= 11 is 13.2. The molecule has 138 valence electrons. The van der Waals surface area contributed by atoms with E-state index < -0.39 is 0 Å². The monoisotopic (exact) mass is 410 g/mol. The summed E-state index contributed by atoms with van der Waals surface area (Å²) in [6.45, 7) is 4.47. The Morgan fingerprint density at radius 1 is 1.31 bits per heavy atom. The molecule has 0 saturated heterocycles. The summed E-state index contributed by atoms with van der Waals surface area (Å²) in [4.78, 5) is 12.2. The van der Waals surface area contributed by atoms with E-state index in [2.05, 4.69) is 26.7 Å². The largest absolute Gasteiger partial charge is 0.325 e. The first kappa shape index (κ1) is 19.3. The first-order valence-electron chi connectivity index (χ1n) is 8.50. The van der Waals surface area contributed by atoms with E-state index in [-0.39, 0.29) is 11.7 Å². The molecule has 0 atom stereocenters. The molecule has 0 radical (unpaired) electrons. The van der Waals surface area contributed by atoms with Gasteiger partial charge >= 0.3 is 0 Å². The van der Waals surface area contributed by atoms with E-state index in [9.17, 15) is 4.79 Å². The molecule has 2 aromatic rings. The van der Waals surface area contributed by atoms with Gasteiger partial charge < -0.3 is 9.88 Å². The van der Waals surface area contributed by atoms with Gasteiger partial charge in [-0.05, 0) is 31.0 Å². The molecular weight excluding hydrogens is 391 g/mol. The number of aromatic nitrogens is 3. The van der Waals surface area contributed by atoms with Crippen molar-refractivity contribution in [2.24, 2.45) is 0 Å². The number of carbonyl (C=O) groups excluding carboxylic acids is 1. The zero-order valence-electron chi connectivity index (χ0n) is 14.3. The lowest BCUT2D eigenvalue weighted by Gasteiger charge is -2.12. The number of rotatable bonds is 7. The third-order valence-corrected chi connectivity index (χ3v) is 6.02. The predicted octanol–water partition coefficient (Wildman–Crippen LogP) is 5.16. The number of benzene rings is 1. The molecule has 1 amide bonds. The average molecular weight is 411 g/mol. The Hall–Kier alpha value is -1.50. The maximum Gasteiger partial charge on any atom is 0.234 e. The Morgan fingerprint density at radius 3 is 2.77 bits per heavy atom. The van der Waals surface area contributed by atoms with E-state index in [0.29, 0.717) is 28.2 Å². The summed E-state index contributed by atoms with van der Waals surface area (Å²) in [5, 5.41) is 13.1. The fraction of sp³-hybridized carbons (Fsp3) is 0.389. The van der Waals surface area contributed by atoms with Gasteiger partial charge in [-0.2, -0.15) is 0 Å². The second-order valence-electron chi connectivity index (χ2n) is 6.19. The number of hydrogen-bond acceptors (Lipinski definition) is 4. The van der Waals surface area contributed by atoms with Crippen LogP contribution in [0.25, 0.3) is 0 Å². The van der Waals surface area contributed by atoms with Crippen molar-refractivity contribution >= 4 is 46.6 Å². The molecule has 1 heterocycles. The molecule has 1 aliphatic carbocycles. The Morgan fingerprint density at radius 2 is 2.08 bits per heavy atom. The van der Waals surface area contributed by atoms with Crippen molar-refractivity contribution < 1.29 is 4.79 Å². The van der Waals surface area contributed by atoms with Crippen LogP contribution in [-0.2, 0) is 11.3 Å². The predicted molar refractivity (Wildman–Crippen MR) is 107 cm³/mol. The molecule has 26 heavy (non-hydrogen) atoms. The van der Waals surface area contributed by atoms with E-state index in [1.807, 2.05) is 6.08 Å². The first-order valence-corrected chi connectivity index (χ1v) is 10.2. The number of carbonyl (C=O) groups is 1.